The minimum absolute atomic E-state index is 0.395. The summed E-state index contributed by atoms with van der Waals surface area (Å²) in [7, 11) is 0. The van der Waals surface area contributed by atoms with Gasteiger partial charge in [0.25, 0.3) is 0 Å². The zero-order valence-electron chi connectivity index (χ0n) is 7.64. The van der Waals surface area contributed by atoms with Crippen LogP contribution >= 0.6 is 0 Å². The second-order valence-electron chi connectivity index (χ2n) is 4.01. The number of hydrogen-bond acceptors (Lipinski definition) is 1. The average Bonchev–Trinajstić information content (AvgIpc) is 1.86. The lowest BCUT2D eigenvalue weighted by Gasteiger charge is -2.32. The molecule has 2 atom stereocenters. The molecule has 1 heteroatoms. The first kappa shape index (κ1) is 8.79. The zero-order chi connectivity index (χ0) is 8.32. The maximum absolute atomic E-state index is 5.89. The lowest BCUT2D eigenvalue weighted by Crippen LogP contribution is -2.31. The van der Waals surface area contributed by atoms with Crippen molar-refractivity contribution in [2.75, 3.05) is 0 Å². The highest BCUT2D eigenvalue weighted by atomic mass is 14.6. The molecule has 1 aliphatic carbocycles. The van der Waals surface area contributed by atoms with E-state index in [1.54, 1.807) is 0 Å². The van der Waals surface area contributed by atoms with Gasteiger partial charge >= 0.3 is 0 Å². The minimum Gasteiger partial charge on any atom is -0.327 e. The molecule has 2 N–H and O–H groups in total. The normalized spacial score (nSPS) is 37.5. The van der Waals surface area contributed by atoms with Crippen molar-refractivity contribution >= 4 is 0 Å². The number of hydrogen-bond donors (Lipinski definition) is 1. The van der Waals surface area contributed by atoms with Gasteiger partial charge in [0.15, 0.2) is 0 Å². The number of allylic oxidation sites excluding steroid dienone is 1. The molecule has 11 heavy (non-hydrogen) atoms. The van der Waals surface area contributed by atoms with Crippen molar-refractivity contribution < 1.29 is 0 Å². The maximum atomic E-state index is 5.89. The van der Waals surface area contributed by atoms with Crippen LogP contribution in [0.3, 0.4) is 0 Å². The monoisotopic (exact) mass is 153 g/mol. The van der Waals surface area contributed by atoms with Gasteiger partial charge in [-0.3, -0.25) is 0 Å². The van der Waals surface area contributed by atoms with E-state index in [9.17, 15) is 0 Å². The molecule has 64 valence electrons. The van der Waals surface area contributed by atoms with E-state index >= 15 is 0 Å². The molecule has 1 aliphatic rings. The van der Waals surface area contributed by atoms with Gasteiger partial charge in [-0.25, -0.2) is 0 Å². The van der Waals surface area contributed by atoms with E-state index in [2.05, 4.69) is 26.0 Å². The second kappa shape index (κ2) is 3.40. The van der Waals surface area contributed by atoms with Crippen LogP contribution in [-0.4, -0.2) is 6.04 Å². The lowest BCUT2D eigenvalue weighted by molar-refractivity contribution is 0.310. The molecule has 0 radical (unpaired) electrons. The van der Waals surface area contributed by atoms with Crippen LogP contribution in [0.15, 0.2) is 12.2 Å². The van der Waals surface area contributed by atoms with Gasteiger partial charge in [0.1, 0.15) is 0 Å². The summed E-state index contributed by atoms with van der Waals surface area (Å²) >= 11 is 0. The van der Waals surface area contributed by atoms with Gasteiger partial charge in [-0.15, -0.1) is 0 Å². The van der Waals surface area contributed by atoms with Crippen LogP contribution in [0.4, 0.5) is 0 Å². The third-order valence-corrected chi connectivity index (χ3v) is 2.51. The van der Waals surface area contributed by atoms with Gasteiger partial charge < -0.3 is 5.73 Å². The minimum atomic E-state index is 0.395. The Bertz CT molecular complexity index is 151. The average molecular weight is 153 g/mol. The van der Waals surface area contributed by atoms with Gasteiger partial charge in [-0.05, 0) is 24.7 Å². The predicted octanol–water partition coefficient (Wildman–Crippen LogP) is 2.47. The smallest absolute Gasteiger partial charge is 0.00815 e. The molecule has 0 aromatic heterocycles. The highest BCUT2D eigenvalue weighted by Crippen LogP contribution is 2.34. The summed E-state index contributed by atoms with van der Waals surface area (Å²) in [5.41, 5.74) is 6.28. The predicted molar refractivity (Wildman–Crippen MR) is 49.4 cm³/mol. The fourth-order valence-electron chi connectivity index (χ4n) is 2.03. The molecule has 0 fully saturated rings. The fraction of sp³-hybridized carbons (Fsp3) is 0.800. The Morgan fingerprint density at radius 2 is 2.36 bits per heavy atom. The zero-order valence-corrected chi connectivity index (χ0v) is 7.64. The Hall–Kier alpha value is -0.300. The second-order valence-corrected chi connectivity index (χ2v) is 4.01. The number of rotatable bonds is 2. The van der Waals surface area contributed by atoms with Crippen LogP contribution in [0.1, 0.15) is 39.5 Å². The molecule has 1 nitrogen and oxygen atoms in total. The van der Waals surface area contributed by atoms with Crippen LogP contribution < -0.4 is 5.73 Å². The Labute approximate surface area is 69.7 Å². The summed E-state index contributed by atoms with van der Waals surface area (Å²) in [6.07, 6.45) is 9.35. The lowest BCUT2D eigenvalue weighted by atomic mass is 9.76. The summed E-state index contributed by atoms with van der Waals surface area (Å²) in [5.74, 6) is 0. The third kappa shape index (κ3) is 2.33. The molecular weight excluding hydrogens is 134 g/mol. The Morgan fingerprint density at radius 3 is 2.91 bits per heavy atom. The van der Waals surface area contributed by atoms with E-state index in [0.717, 1.165) is 12.8 Å². The first-order valence-corrected chi connectivity index (χ1v) is 4.59. The number of nitrogens with two attached hydrogens (primary N) is 1. The molecule has 0 heterocycles. The van der Waals surface area contributed by atoms with Crippen molar-refractivity contribution in [3.8, 4) is 0 Å². The van der Waals surface area contributed by atoms with Gasteiger partial charge in [-0.2, -0.15) is 0 Å². The van der Waals surface area contributed by atoms with Crippen molar-refractivity contribution in [2.24, 2.45) is 11.1 Å². The molecule has 0 bridgehead atoms. The van der Waals surface area contributed by atoms with Crippen molar-refractivity contribution in [3.05, 3.63) is 12.2 Å². The molecule has 0 saturated carbocycles. The molecule has 0 amide bonds. The van der Waals surface area contributed by atoms with Crippen LogP contribution in [-0.2, 0) is 0 Å². The van der Waals surface area contributed by atoms with Gasteiger partial charge in [0.2, 0.25) is 0 Å². The van der Waals surface area contributed by atoms with Crippen molar-refractivity contribution in [3.63, 3.8) is 0 Å². The first-order chi connectivity index (χ1) is 5.16. The maximum Gasteiger partial charge on any atom is 0.00815 e. The van der Waals surface area contributed by atoms with Gasteiger partial charge in [-0.1, -0.05) is 32.4 Å². The largest absolute Gasteiger partial charge is 0.327 e. The van der Waals surface area contributed by atoms with Crippen LogP contribution in [0.25, 0.3) is 0 Å². The molecule has 0 aromatic carbocycles. The summed E-state index contributed by atoms with van der Waals surface area (Å²) < 4.78 is 0. The van der Waals surface area contributed by atoms with Crippen LogP contribution in [0, 0.1) is 5.41 Å². The van der Waals surface area contributed by atoms with E-state index in [4.69, 9.17) is 5.73 Å². The van der Waals surface area contributed by atoms with Gasteiger partial charge in [0.05, 0.1) is 0 Å². The Kier molecular flexibility index (Phi) is 2.72. The standard InChI is InChI=1S/C10H19N/c1-3-6-10(2)7-4-5-9(11)8-10/h4,7,9H,3,5-6,8,11H2,1-2H3/t9?,10-/m0/s1. The van der Waals surface area contributed by atoms with E-state index in [-0.39, 0.29) is 0 Å². The molecule has 0 aromatic rings. The van der Waals surface area contributed by atoms with Crippen LogP contribution in [0.2, 0.25) is 0 Å². The Morgan fingerprint density at radius 1 is 1.64 bits per heavy atom. The van der Waals surface area contributed by atoms with E-state index in [0.29, 0.717) is 11.5 Å². The molecule has 1 unspecified atom stereocenters. The molecule has 1 rings (SSSR count). The highest BCUT2D eigenvalue weighted by molar-refractivity contribution is 5.04. The highest BCUT2D eigenvalue weighted by Gasteiger charge is 2.25. The summed E-state index contributed by atoms with van der Waals surface area (Å²) in [4.78, 5) is 0. The summed E-state index contributed by atoms with van der Waals surface area (Å²) in [6, 6.07) is 0.400. The van der Waals surface area contributed by atoms with E-state index in [1.807, 2.05) is 0 Å². The van der Waals surface area contributed by atoms with Crippen molar-refractivity contribution in [1.29, 1.82) is 0 Å². The molecular formula is C10H19N. The van der Waals surface area contributed by atoms with Gasteiger partial charge in [0, 0.05) is 6.04 Å². The SMILES string of the molecule is CCC[C@@]1(C)C=CCC(N)C1. The van der Waals surface area contributed by atoms with E-state index in [1.165, 1.54) is 12.8 Å². The van der Waals surface area contributed by atoms with Crippen molar-refractivity contribution in [1.82, 2.24) is 0 Å². The molecule has 0 aliphatic heterocycles. The molecule has 0 saturated heterocycles. The fourth-order valence-corrected chi connectivity index (χ4v) is 2.03. The summed E-state index contributed by atoms with van der Waals surface area (Å²) in [5, 5.41) is 0. The van der Waals surface area contributed by atoms with Crippen molar-refractivity contribution in [2.45, 2.75) is 45.6 Å². The third-order valence-electron chi connectivity index (χ3n) is 2.51. The topological polar surface area (TPSA) is 26.0 Å². The van der Waals surface area contributed by atoms with E-state index < -0.39 is 0 Å². The van der Waals surface area contributed by atoms with Crippen LogP contribution in [0.5, 0.6) is 0 Å². The first-order valence-electron chi connectivity index (χ1n) is 4.59. The summed E-state index contributed by atoms with van der Waals surface area (Å²) in [6.45, 7) is 4.55. The quantitative estimate of drug-likeness (QED) is 0.606. The Balaban J connectivity index is 2.55. The molecule has 0 spiro atoms.